The third-order valence-electron chi connectivity index (χ3n) is 5.15. The number of hydrogen-bond donors (Lipinski definition) is 3. The van der Waals surface area contributed by atoms with Crippen molar-refractivity contribution in [2.24, 2.45) is 0 Å². The van der Waals surface area contributed by atoms with Crippen LogP contribution in [0.25, 0.3) is 28.0 Å². The van der Waals surface area contributed by atoms with Gasteiger partial charge in [0.2, 0.25) is 0 Å². The van der Waals surface area contributed by atoms with E-state index in [4.69, 9.17) is 4.98 Å². The highest BCUT2D eigenvalue weighted by Crippen LogP contribution is 2.32. The van der Waals surface area contributed by atoms with E-state index in [0.29, 0.717) is 28.1 Å². The maximum atomic E-state index is 11.7. The molecule has 0 aliphatic carbocycles. The molecule has 166 valence electrons. The van der Waals surface area contributed by atoms with Crippen LogP contribution in [0.15, 0.2) is 54.7 Å². The minimum atomic E-state index is -1.16. The number of pyridine rings is 2. The fourth-order valence-corrected chi connectivity index (χ4v) is 4.31. The van der Waals surface area contributed by atoms with E-state index >= 15 is 0 Å². The van der Waals surface area contributed by atoms with Gasteiger partial charge in [0.15, 0.2) is 5.82 Å². The summed E-state index contributed by atoms with van der Waals surface area (Å²) in [4.78, 5) is 9.21. The number of rotatable bonds is 8. The van der Waals surface area contributed by atoms with E-state index < -0.39 is 11.4 Å². The molecule has 8 nitrogen and oxygen atoms in total. The summed E-state index contributed by atoms with van der Waals surface area (Å²) < 4.78 is 16.4. The standard InChI is InChI=1S/C23H25N5O3S/c1-3-6-20(27-32(2)31)19-9-5-8-18(26-19)15-11-21-17(22(30)12-15)13-24-28(21)23-10-4-7-16(14-29)25-23/h4-5,7-13,20,27,29-30H,3,6,14H2,1-2H3/t20-,32?/m0/s1. The number of benzene rings is 1. The lowest BCUT2D eigenvalue weighted by atomic mass is 10.1. The molecular weight excluding hydrogens is 426 g/mol. The quantitative estimate of drug-likeness (QED) is 0.351. The van der Waals surface area contributed by atoms with Crippen molar-refractivity contribution >= 4 is 22.3 Å². The molecule has 4 rings (SSSR count). The minimum absolute atomic E-state index is 0.0900. The predicted molar refractivity (Wildman–Crippen MR) is 125 cm³/mol. The van der Waals surface area contributed by atoms with Crippen LogP contribution in [-0.4, -0.2) is 40.8 Å². The third-order valence-corrected chi connectivity index (χ3v) is 5.76. The van der Waals surface area contributed by atoms with E-state index in [2.05, 4.69) is 21.7 Å². The smallest absolute Gasteiger partial charge is 0.154 e. The lowest BCUT2D eigenvalue weighted by Crippen LogP contribution is -2.28. The first-order valence-electron chi connectivity index (χ1n) is 10.3. The van der Waals surface area contributed by atoms with Gasteiger partial charge in [0.25, 0.3) is 0 Å². The van der Waals surface area contributed by atoms with E-state index in [9.17, 15) is 14.8 Å². The lowest BCUT2D eigenvalue weighted by Gasteiger charge is -2.18. The molecule has 0 saturated heterocycles. The topological polar surface area (TPSA) is 119 Å². The maximum absolute atomic E-state index is 11.7. The number of hydrogen-bond acceptors (Lipinski definition) is 7. The fourth-order valence-electron chi connectivity index (χ4n) is 3.67. The molecule has 1 aromatic carbocycles. The van der Waals surface area contributed by atoms with Gasteiger partial charge in [0, 0.05) is 16.9 Å². The van der Waals surface area contributed by atoms with Gasteiger partial charge in [-0.15, -0.1) is 4.72 Å². The Kier molecular flexibility index (Phi) is 6.71. The molecule has 1 unspecified atom stereocenters. The summed E-state index contributed by atoms with van der Waals surface area (Å²) in [6, 6.07) is 14.5. The van der Waals surface area contributed by atoms with Crippen LogP contribution in [0.4, 0.5) is 0 Å². The number of phenols is 1. The molecule has 0 bridgehead atoms. The Hall–Kier alpha value is -2.98. The van der Waals surface area contributed by atoms with Crippen LogP contribution >= 0.6 is 0 Å². The van der Waals surface area contributed by atoms with Crippen LogP contribution in [0.3, 0.4) is 0 Å². The summed E-state index contributed by atoms with van der Waals surface area (Å²) in [6.45, 7) is 1.90. The predicted octanol–water partition coefficient (Wildman–Crippen LogP) is 3.40. The zero-order valence-electron chi connectivity index (χ0n) is 17.9. The van der Waals surface area contributed by atoms with Crippen molar-refractivity contribution in [1.82, 2.24) is 24.5 Å². The Bertz CT molecular complexity index is 1230. The number of fused-ring (bicyclic) bond motifs is 1. The molecule has 4 aromatic rings. The largest absolute Gasteiger partial charge is 0.598 e. The van der Waals surface area contributed by atoms with Gasteiger partial charge >= 0.3 is 0 Å². The van der Waals surface area contributed by atoms with Crippen LogP contribution in [0.5, 0.6) is 5.75 Å². The molecule has 0 saturated carbocycles. The van der Waals surface area contributed by atoms with Crippen molar-refractivity contribution in [3.8, 4) is 22.8 Å². The average Bonchev–Trinajstić information content (AvgIpc) is 3.23. The number of aliphatic hydroxyl groups excluding tert-OH is 1. The highest BCUT2D eigenvalue weighted by molar-refractivity contribution is 7.88. The Morgan fingerprint density at radius 3 is 2.72 bits per heavy atom. The van der Waals surface area contributed by atoms with Crippen LogP contribution in [0, 0.1) is 0 Å². The van der Waals surface area contributed by atoms with Gasteiger partial charge in [-0.25, -0.2) is 9.67 Å². The monoisotopic (exact) mass is 451 g/mol. The van der Waals surface area contributed by atoms with Crippen molar-refractivity contribution in [3.63, 3.8) is 0 Å². The van der Waals surface area contributed by atoms with E-state index in [0.717, 1.165) is 24.1 Å². The van der Waals surface area contributed by atoms with Crippen LogP contribution in [-0.2, 0) is 18.0 Å². The van der Waals surface area contributed by atoms with Crippen molar-refractivity contribution < 1.29 is 14.8 Å². The summed E-state index contributed by atoms with van der Waals surface area (Å²) in [6.07, 6.45) is 4.93. The molecular formula is C23H25N5O3S. The van der Waals surface area contributed by atoms with Gasteiger partial charge in [-0.2, -0.15) is 5.10 Å². The second-order valence-corrected chi connectivity index (χ2v) is 8.63. The second kappa shape index (κ2) is 9.66. The first-order chi connectivity index (χ1) is 15.5. The van der Waals surface area contributed by atoms with Crippen molar-refractivity contribution in [1.29, 1.82) is 0 Å². The van der Waals surface area contributed by atoms with Gasteiger partial charge in [-0.3, -0.25) is 4.98 Å². The molecule has 0 radical (unpaired) electrons. The zero-order chi connectivity index (χ0) is 22.7. The van der Waals surface area contributed by atoms with Gasteiger partial charge in [0.1, 0.15) is 12.0 Å². The van der Waals surface area contributed by atoms with Crippen molar-refractivity contribution in [2.75, 3.05) is 6.26 Å². The molecule has 0 spiro atoms. The Morgan fingerprint density at radius 1 is 1.16 bits per heavy atom. The third kappa shape index (κ3) is 4.61. The first-order valence-corrected chi connectivity index (χ1v) is 11.9. The molecule has 2 atom stereocenters. The molecule has 3 N–H and O–H groups in total. The normalized spacial score (nSPS) is 13.4. The number of aliphatic hydroxyl groups is 1. The van der Waals surface area contributed by atoms with E-state index in [1.54, 1.807) is 41.4 Å². The fraction of sp³-hybridized carbons (Fsp3) is 0.261. The highest BCUT2D eigenvalue weighted by Gasteiger charge is 2.18. The average molecular weight is 452 g/mol. The summed E-state index contributed by atoms with van der Waals surface area (Å²) in [5.74, 6) is 0.634. The number of nitrogens with one attached hydrogen (secondary N) is 1. The molecule has 0 aliphatic heterocycles. The molecule has 3 heterocycles. The Labute approximate surface area is 189 Å². The number of nitrogens with zero attached hydrogens (tertiary/aromatic N) is 4. The van der Waals surface area contributed by atoms with E-state index in [-0.39, 0.29) is 18.4 Å². The molecule has 9 heteroatoms. The summed E-state index contributed by atoms with van der Waals surface area (Å²) in [7, 11) is 0. The van der Waals surface area contributed by atoms with Gasteiger partial charge in [0.05, 0.1) is 46.8 Å². The Morgan fingerprint density at radius 2 is 1.97 bits per heavy atom. The summed E-state index contributed by atoms with van der Waals surface area (Å²) in [5.41, 5.74) is 3.42. The summed E-state index contributed by atoms with van der Waals surface area (Å²) in [5, 5.41) is 25.0. The highest BCUT2D eigenvalue weighted by atomic mass is 32.2. The lowest BCUT2D eigenvalue weighted by molar-refractivity contribution is 0.276. The Balaban J connectivity index is 1.78. The van der Waals surface area contributed by atoms with Gasteiger partial charge in [-0.1, -0.05) is 25.5 Å². The molecule has 0 aliphatic rings. The number of phenolic OH excluding ortho intramolecular Hbond substituents is 1. The van der Waals surface area contributed by atoms with Crippen LogP contribution in [0.1, 0.15) is 37.2 Å². The van der Waals surface area contributed by atoms with Gasteiger partial charge in [-0.05, 0) is 42.8 Å². The maximum Gasteiger partial charge on any atom is 0.154 e. The van der Waals surface area contributed by atoms with Crippen molar-refractivity contribution in [2.45, 2.75) is 32.4 Å². The van der Waals surface area contributed by atoms with E-state index in [1.165, 1.54) is 0 Å². The van der Waals surface area contributed by atoms with E-state index in [1.807, 2.05) is 24.3 Å². The zero-order valence-corrected chi connectivity index (χ0v) is 18.7. The first kappa shape index (κ1) is 22.2. The molecule has 0 fully saturated rings. The van der Waals surface area contributed by atoms with Gasteiger partial charge < -0.3 is 14.8 Å². The summed E-state index contributed by atoms with van der Waals surface area (Å²) >= 11 is -1.16. The SMILES string of the molecule is CCC[C@H](N[S+](C)[O-])c1cccc(-c2cc(O)c3cnn(-c4cccc(CO)n4)c3c2)n1. The van der Waals surface area contributed by atoms with Crippen LogP contribution in [0.2, 0.25) is 0 Å². The number of aromatic nitrogens is 4. The molecule has 32 heavy (non-hydrogen) atoms. The number of aromatic hydroxyl groups is 1. The van der Waals surface area contributed by atoms with Crippen LogP contribution < -0.4 is 4.72 Å². The minimum Gasteiger partial charge on any atom is -0.598 e. The second-order valence-electron chi connectivity index (χ2n) is 7.49. The van der Waals surface area contributed by atoms with Crippen molar-refractivity contribution in [3.05, 3.63) is 66.1 Å². The molecule has 3 aromatic heterocycles. The molecule has 0 amide bonds.